The maximum Gasteiger partial charge on any atom is 0.222 e. The number of methoxy groups -OCH3 is 2. The van der Waals surface area contributed by atoms with Gasteiger partial charge in [0, 0.05) is 27.3 Å². The van der Waals surface area contributed by atoms with Crippen LogP contribution in [0.5, 0.6) is 0 Å². The number of hydrogen-bond acceptors (Lipinski definition) is 4. The summed E-state index contributed by atoms with van der Waals surface area (Å²) in [7, 11) is 3.21. The molecule has 1 unspecified atom stereocenters. The minimum absolute atomic E-state index is 0. The van der Waals surface area contributed by atoms with E-state index in [4.69, 9.17) is 15.2 Å². The summed E-state index contributed by atoms with van der Waals surface area (Å²) in [6, 6.07) is 7.86. The highest BCUT2D eigenvalue weighted by Crippen LogP contribution is 2.09. The first kappa shape index (κ1) is 18.9. The van der Waals surface area contributed by atoms with Crippen LogP contribution in [0.3, 0.4) is 0 Å². The molecule has 1 amide bonds. The third-order valence-corrected chi connectivity index (χ3v) is 2.90. The van der Waals surface area contributed by atoms with Gasteiger partial charge in [0.1, 0.15) is 0 Å². The van der Waals surface area contributed by atoms with Crippen molar-refractivity contribution >= 4 is 18.3 Å². The quantitative estimate of drug-likeness (QED) is 0.757. The number of amides is 1. The molecule has 1 rings (SSSR count). The van der Waals surface area contributed by atoms with Gasteiger partial charge in [-0.25, -0.2) is 0 Å². The molecule has 0 saturated carbocycles. The summed E-state index contributed by atoms with van der Waals surface area (Å²) in [6.07, 6.45) is 0.0497. The average molecular weight is 303 g/mol. The van der Waals surface area contributed by atoms with Crippen LogP contribution in [0.25, 0.3) is 0 Å². The first-order valence-electron chi connectivity index (χ1n) is 6.26. The van der Waals surface area contributed by atoms with Crippen molar-refractivity contribution < 1.29 is 14.3 Å². The van der Waals surface area contributed by atoms with Crippen LogP contribution in [-0.2, 0) is 27.4 Å². The van der Waals surface area contributed by atoms with E-state index in [0.29, 0.717) is 19.7 Å². The molecule has 3 N–H and O–H groups in total. The molecule has 0 heterocycles. The fourth-order valence-electron chi connectivity index (χ4n) is 1.76. The van der Waals surface area contributed by atoms with Crippen LogP contribution < -0.4 is 11.1 Å². The maximum atomic E-state index is 11.7. The molecule has 1 aromatic carbocycles. The molecule has 114 valence electrons. The summed E-state index contributed by atoms with van der Waals surface area (Å²) >= 11 is 0. The smallest absolute Gasteiger partial charge is 0.222 e. The lowest BCUT2D eigenvalue weighted by Crippen LogP contribution is -2.32. The van der Waals surface area contributed by atoms with Gasteiger partial charge in [-0.1, -0.05) is 24.3 Å². The predicted molar refractivity (Wildman–Crippen MR) is 80.7 cm³/mol. The van der Waals surface area contributed by atoms with Gasteiger partial charge in [-0.05, 0) is 11.1 Å². The van der Waals surface area contributed by atoms with E-state index in [2.05, 4.69) is 5.32 Å². The predicted octanol–water partition coefficient (Wildman–Crippen LogP) is 1.23. The highest BCUT2D eigenvalue weighted by atomic mass is 35.5. The molecule has 0 aliphatic carbocycles. The van der Waals surface area contributed by atoms with Crippen LogP contribution in [0.2, 0.25) is 0 Å². The van der Waals surface area contributed by atoms with Crippen molar-refractivity contribution in [1.29, 1.82) is 0 Å². The third kappa shape index (κ3) is 6.34. The largest absolute Gasteiger partial charge is 0.380 e. The lowest BCUT2D eigenvalue weighted by Gasteiger charge is -2.14. The molecule has 0 aliphatic rings. The number of halogens is 1. The molecule has 5 nitrogen and oxygen atoms in total. The Balaban J connectivity index is 0.00000361. The fourth-order valence-corrected chi connectivity index (χ4v) is 1.76. The topological polar surface area (TPSA) is 73.6 Å². The number of ether oxygens (including phenoxy) is 2. The molecule has 20 heavy (non-hydrogen) atoms. The number of hydrogen-bond donors (Lipinski definition) is 2. The Labute approximate surface area is 126 Å². The van der Waals surface area contributed by atoms with Gasteiger partial charge in [0.2, 0.25) is 5.91 Å². The zero-order valence-electron chi connectivity index (χ0n) is 11.9. The van der Waals surface area contributed by atoms with Gasteiger partial charge in [0.05, 0.1) is 19.1 Å². The molecule has 0 aromatic heterocycles. The Morgan fingerprint density at radius 3 is 2.50 bits per heavy atom. The summed E-state index contributed by atoms with van der Waals surface area (Å²) in [6.45, 7) is 1.36. The maximum absolute atomic E-state index is 11.7. The average Bonchev–Trinajstić information content (AvgIpc) is 2.44. The van der Waals surface area contributed by atoms with Crippen LogP contribution in [-0.4, -0.2) is 32.8 Å². The molecule has 0 radical (unpaired) electrons. The third-order valence-electron chi connectivity index (χ3n) is 2.90. The standard InChI is InChI=1S/C14H22N2O3.ClH/c1-18-10-12-6-4-3-5-11(12)9-16-14(17)7-13(8-15)19-2;/h3-6,13H,7-10,15H2,1-2H3,(H,16,17);1H. The van der Waals surface area contributed by atoms with Gasteiger partial charge in [0.15, 0.2) is 0 Å². The van der Waals surface area contributed by atoms with Crippen LogP contribution >= 0.6 is 12.4 Å². The van der Waals surface area contributed by atoms with Gasteiger partial charge in [-0.15, -0.1) is 12.4 Å². The van der Waals surface area contributed by atoms with E-state index < -0.39 is 0 Å². The van der Waals surface area contributed by atoms with Crippen LogP contribution in [0, 0.1) is 0 Å². The van der Waals surface area contributed by atoms with Crippen molar-refractivity contribution in [3.63, 3.8) is 0 Å². The lowest BCUT2D eigenvalue weighted by atomic mass is 10.1. The van der Waals surface area contributed by atoms with Crippen molar-refractivity contribution in [3.8, 4) is 0 Å². The number of benzene rings is 1. The molecule has 0 fully saturated rings. The Kier molecular flexibility index (Phi) is 10.0. The molecular weight excluding hydrogens is 280 g/mol. The Morgan fingerprint density at radius 1 is 1.30 bits per heavy atom. The van der Waals surface area contributed by atoms with E-state index in [1.165, 1.54) is 0 Å². The second-order valence-corrected chi connectivity index (χ2v) is 4.28. The van der Waals surface area contributed by atoms with Crippen LogP contribution in [0.1, 0.15) is 17.5 Å². The monoisotopic (exact) mass is 302 g/mol. The zero-order chi connectivity index (χ0) is 14.1. The SMILES string of the molecule is COCc1ccccc1CNC(=O)CC(CN)OC.Cl. The normalized spacial score (nSPS) is 11.6. The van der Waals surface area contributed by atoms with E-state index in [1.807, 2.05) is 24.3 Å². The molecular formula is C14H23ClN2O3. The number of rotatable bonds is 8. The summed E-state index contributed by atoms with van der Waals surface area (Å²) in [5, 5.41) is 2.87. The minimum atomic E-state index is -0.228. The van der Waals surface area contributed by atoms with E-state index >= 15 is 0 Å². The summed E-state index contributed by atoms with van der Waals surface area (Å²) in [4.78, 5) is 11.7. The highest BCUT2D eigenvalue weighted by Gasteiger charge is 2.11. The molecule has 1 aromatic rings. The van der Waals surface area contributed by atoms with Crippen molar-refractivity contribution in [3.05, 3.63) is 35.4 Å². The van der Waals surface area contributed by atoms with Crippen molar-refractivity contribution in [2.45, 2.75) is 25.7 Å². The van der Waals surface area contributed by atoms with Crippen molar-refractivity contribution in [1.82, 2.24) is 5.32 Å². The fraction of sp³-hybridized carbons (Fsp3) is 0.500. The van der Waals surface area contributed by atoms with E-state index in [1.54, 1.807) is 14.2 Å². The summed E-state index contributed by atoms with van der Waals surface area (Å²) in [5.74, 6) is -0.0653. The molecule has 6 heteroatoms. The molecule has 0 bridgehead atoms. The van der Waals surface area contributed by atoms with Crippen LogP contribution in [0.4, 0.5) is 0 Å². The molecule has 0 spiro atoms. The van der Waals surface area contributed by atoms with Crippen LogP contribution in [0.15, 0.2) is 24.3 Å². The minimum Gasteiger partial charge on any atom is -0.380 e. The lowest BCUT2D eigenvalue weighted by molar-refractivity contribution is -0.123. The number of nitrogens with two attached hydrogens (primary N) is 1. The van der Waals surface area contributed by atoms with Gasteiger partial charge >= 0.3 is 0 Å². The van der Waals surface area contributed by atoms with Crippen molar-refractivity contribution in [2.24, 2.45) is 5.73 Å². The van der Waals surface area contributed by atoms with E-state index in [-0.39, 0.29) is 30.8 Å². The Bertz CT molecular complexity index is 398. The number of carbonyl (C=O) groups is 1. The van der Waals surface area contributed by atoms with Gasteiger partial charge < -0.3 is 20.5 Å². The van der Waals surface area contributed by atoms with E-state index in [9.17, 15) is 4.79 Å². The number of carbonyl (C=O) groups excluding carboxylic acids is 1. The van der Waals surface area contributed by atoms with Gasteiger partial charge in [-0.2, -0.15) is 0 Å². The second kappa shape index (κ2) is 10.6. The summed E-state index contributed by atoms with van der Waals surface area (Å²) in [5.41, 5.74) is 7.61. The number of nitrogens with one attached hydrogen (secondary N) is 1. The van der Waals surface area contributed by atoms with Gasteiger partial charge in [0.25, 0.3) is 0 Å². The molecule has 0 saturated heterocycles. The summed E-state index contributed by atoms with van der Waals surface area (Å²) < 4.78 is 10.2. The van der Waals surface area contributed by atoms with E-state index in [0.717, 1.165) is 11.1 Å². The Hall–Kier alpha value is -1.14. The second-order valence-electron chi connectivity index (χ2n) is 4.28. The highest BCUT2D eigenvalue weighted by molar-refractivity contribution is 5.85. The zero-order valence-corrected chi connectivity index (χ0v) is 12.7. The van der Waals surface area contributed by atoms with Crippen molar-refractivity contribution in [2.75, 3.05) is 20.8 Å². The Morgan fingerprint density at radius 2 is 1.95 bits per heavy atom. The molecule has 0 aliphatic heterocycles. The first-order chi connectivity index (χ1) is 9.21. The first-order valence-corrected chi connectivity index (χ1v) is 6.26. The van der Waals surface area contributed by atoms with Gasteiger partial charge in [-0.3, -0.25) is 4.79 Å². The molecule has 1 atom stereocenters.